The largest absolute Gasteiger partial charge is 0.465 e. The van der Waals surface area contributed by atoms with Gasteiger partial charge in [-0.3, -0.25) is 19.7 Å². The SMILES string of the molecule is CCCOC(=O)CN[C@H](Cc1ccccc1)C(=O)N1CCC[C@H]1C(=O)NCc1ccc2c(N)nccc2c1. The van der Waals surface area contributed by atoms with Crippen LogP contribution in [-0.4, -0.2) is 59.4 Å². The highest BCUT2D eigenvalue weighted by molar-refractivity contribution is 5.92. The van der Waals surface area contributed by atoms with Gasteiger partial charge in [0.15, 0.2) is 0 Å². The van der Waals surface area contributed by atoms with Crippen molar-refractivity contribution in [3.05, 3.63) is 71.9 Å². The number of anilines is 1. The summed E-state index contributed by atoms with van der Waals surface area (Å²) in [6.07, 6.45) is 4.12. The Labute approximate surface area is 222 Å². The van der Waals surface area contributed by atoms with Crippen LogP contribution in [0.2, 0.25) is 0 Å². The highest BCUT2D eigenvalue weighted by Gasteiger charge is 2.37. The Morgan fingerprint density at radius 1 is 1.13 bits per heavy atom. The molecule has 4 rings (SSSR count). The second kappa shape index (κ2) is 13.0. The van der Waals surface area contributed by atoms with E-state index in [0.717, 1.165) is 34.7 Å². The molecule has 0 radical (unpaired) electrons. The molecule has 0 spiro atoms. The number of amides is 2. The van der Waals surface area contributed by atoms with E-state index in [1.165, 1.54) is 0 Å². The van der Waals surface area contributed by atoms with Crippen LogP contribution >= 0.6 is 0 Å². The highest BCUT2D eigenvalue weighted by atomic mass is 16.5. The second-order valence-electron chi connectivity index (χ2n) is 9.50. The van der Waals surface area contributed by atoms with E-state index in [9.17, 15) is 14.4 Å². The Kier molecular flexibility index (Phi) is 9.26. The molecule has 38 heavy (non-hydrogen) atoms. The second-order valence-corrected chi connectivity index (χ2v) is 9.50. The molecule has 4 N–H and O–H groups in total. The molecule has 1 aliphatic rings. The lowest BCUT2D eigenvalue weighted by molar-refractivity contribution is -0.144. The molecular formula is C29H35N5O4. The minimum Gasteiger partial charge on any atom is -0.465 e. The van der Waals surface area contributed by atoms with Crippen LogP contribution in [0, 0.1) is 0 Å². The third-order valence-corrected chi connectivity index (χ3v) is 6.71. The summed E-state index contributed by atoms with van der Waals surface area (Å²) in [6.45, 7) is 3.02. The first-order valence-electron chi connectivity index (χ1n) is 13.1. The first kappa shape index (κ1) is 27.1. The number of carbonyl (C=O) groups is 3. The zero-order valence-corrected chi connectivity index (χ0v) is 21.7. The fourth-order valence-corrected chi connectivity index (χ4v) is 4.74. The van der Waals surface area contributed by atoms with Crippen LogP contribution in [-0.2, 0) is 32.1 Å². The molecule has 0 bridgehead atoms. The summed E-state index contributed by atoms with van der Waals surface area (Å²) in [5.74, 6) is -0.314. The van der Waals surface area contributed by atoms with Gasteiger partial charge in [0.2, 0.25) is 11.8 Å². The molecule has 9 nitrogen and oxygen atoms in total. The summed E-state index contributed by atoms with van der Waals surface area (Å²) in [5, 5.41) is 7.89. The van der Waals surface area contributed by atoms with E-state index in [1.54, 1.807) is 11.1 Å². The van der Waals surface area contributed by atoms with Crippen LogP contribution in [0.15, 0.2) is 60.8 Å². The molecule has 9 heteroatoms. The number of rotatable bonds is 11. The van der Waals surface area contributed by atoms with Crippen LogP contribution < -0.4 is 16.4 Å². The number of fused-ring (bicyclic) bond motifs is 1. The van der Waals surface area contributed by atoms with Crippen molar-refractivity contribution in [1.82, 2.24) is 20.5 Å². The maximum absolute atomic E-state index is 13.7. The molecule has 2 heterocycles. The zero-order valence-electron chi connectivity index (χ0n) is 21.7. The van der Waals surface area contributed by atoms with Gasteiger partial charge in [0, 0.05) is 24.7 Å². The van der Waals surface area contributed by atoms with Gasteiger partial charge in [0.05, 0.1) is 19.2 Å². The topological polar surface area (TPSA) is 127 Å². The molecule has 200 valence electrons. The quantitative estimate of drug-likeness (QED) is 0.334. The average Bonchev–Trinajstić information content (AvgIpc) is 3.43. The van der Waals surface area contributed by atoms with Crippen molar-refractivity contribution >= 4 is 34.4 Å². The molecule has 3 aromatic rings. The fraction of sp³-hybridized carbons (Fsp3) is 0.379. The van der Waals surface area contributed by atoms with Crippen LogP contribution in [0.25, 0.3) is 10.8 Å². The number of esters is 1. The Balaban J connectivity index is 1.41. The lowest BCUT2D eigenvalue weighted by Crippen LogP contribution is -2.53. The Morgan fingerprint density at radius 2 is 1.95 bits per heavy atom. The molecular weight excluding hydrogens is 482 g/mol. The van der Waals surface area contributed by atoms with E-state index < -0.39 is 18.1 Å². The number of nitrogen functional groups attached to an aromatic ring is 1. The van der Waals surface area contributed by atoms with E-state index >= 15 is 0 Å². The lowest BCUT2D eigenvalue weighted by atomic mass is 10.0. The number of aromatic nitrogens is 1. The van der Waals surface area contributed by atoms with E-state index in [1.807, 2.05) is 61.5 Å². The standard InChI is InChI=1S/C29H35N5O4/c1-2-15-38-26(35)19-32-24(17-20-7-4-3-5-8-20)29(37)34-14-6-9-25(34)28(36)33-18-21-10-11-23-22(16-21)12-13-31-27(23)30/h3-5,7-8,10-13,16,24-25,32H,2,6,9,14-15,17-19H2,1H3,(H2,30,31)(H,33,36)/t24-,25+/m1/s1. The predicted molar refractivity (Wildman–Crippen MR) is 146 cm³/mol. The summed E-state index contributed by atoms with van der Waals surface area (Å²) in [5.41, 5.74) is 7.84. The van der Waals surface area contributed by atoms with Crippen molar-refractivity contribution in [1.29, 1.82) is 0 Å². The lowest BCUT2D eigenvalue weighted by Gasteiger charge is -2.29. The van der Waals surface area contributed by atoms with Crippen LogP contribution in [0.4, 0.5) is 5.82 Å². The molecule has 0 aliphatic carbocycles. The zero-order chi connectivity index (χ0) is 26.9. The first-order chi connectivity index (χ1) is 18.5. The maximum atomic E-state index is 13.7. The first-order valence-corrected chi connectivity index (χ1v) is 13.1. The van der Waals surface area contributed by atoms with Gasteiger partial charge in [-0.15, -0.1) is 0 Å². The van der Waals surface area contributed by atoms with Gasteiger partial charge < -0.3 is 20.7 Å². The van der Waals surface area contributed by atoms with Crippen molar-refractivity contribution in [2.75, 3.05) is 25.4 Å². The Bertz CT molecular complexity index is 1270. The van der Waals surface area contributed by atoms with Crippen LogP contribution in [0.3, 0.4) is 0 Å². The summed E-state index contributed by atoms with van der Waals surface area (Å²) >= 11 is 0. The number of hydrogen-bond acceptors (Lipinski definition) is 7. The van der Waals surface area contributed by atoms with E-state index in [4.69, 9.17) is 10.5 Å². The van der Waals surface area contributed by atoms with Gasteiger partial charge in [-0.2, -0.15) is 0 Å². The molecule has 1 saturated heterocycles. The van der Waals surface area contributed by atoms with E-state index in [2.05, 4.69) is 15.6 Å². The van der Waals surface area contributed by atoms with Gasteiger partial charge in [0.25, 0.3) is 0 Å². The smallest absolute Gasteiger partial charge is 0.319 e. The number of hydrogen-bond donors (Lipinski definition) is 3. The molecule has 1 fully saturated rings. The number of pyridine rings is 1. The molecule has 2 aromatic carbocycles. The Hall–Kier alpha value is -3.98. The summed E-state index contributed by atoms with van der Waals surface area (Å²) in [7, 11) is 0. The molecule has 1 aromatic heterocycles. The number of nitrogens with one attached hydrogen (secondary N) is 2. The number of nitrogens with two attached hydrogens (primary N) is 1. The molecule has 2 amide bonds. The van der Waals surface area contributed by atoms with Gasteiger partial charge in [-0.05, 0) is 54.3 Å². The van der Waals surface area contributed by atoms with Crippen molar-refractivity contribution in [2.45, 2.75) is 51.2 Å². The van der Waals surface area contributed by atoms with Gasteiger partial charge in [0.1, 0.15) is 11.9 Å². The van der Waals surface area contributed by atoms with Crippen molar-refractivity contribution in [2.24, 2.45) is 0 Å². The van der Waals surface area contributed by atoms with Gasteiger partial charge in [-0.25, -0.2) is 4.98 Å². The van der Waals surface area contributed by atoms with Gasteiger partial charge >= 0.3 is 5.97 Å². The highest BCUT2D eigenvalue weighted by Crippen LogP contribution is 2.22. The van der Waals surface area contributed by atoms with Crippen LogP contribution in [0.1, 0.15) is 37.3 Å². The molecule has 1 aliphatic heterocycles. The molecule has 2 atom stereocenters. The number of benzene rings is 2. The average molecular weight is 518 g/mol. The monoisotopic (exact) mass is 517 g/mol. The summed E-state index contributed by atoms with van der Waals surface area (Å²) in [4.78, 5) is 44.7. The maximum Gasteiger partial charge on any atom is 0.319 e. The van der Waals surface area contributed by atoms with Crippen LogP contribution in [0.5, 0.6) is 0 Å². The fourth-order valence-electron chi connectivity index (χ4n) is 4.74. The minimum atomic E-state index is -0.653. The summed E-state index contributed by atoms with van der Waals surface area (Å²) in [6, 6.07) is 16.1. The van der Waals surface area contributed by atoms with Crippen molar-refractivity contribution in [3.8, 4) is 0 Å². The minimum absolute atomic E-state index is 0.0735. The number of ether oxygens (including phenoxy) is 1. The van der Waals surface area contributed by atoms with Crippen molar-refractivity contribution in [3.63, 3.8) is 0 Å². The van der Waals surface area contributed by atoms with Gasteiger partial charge in [-0.1, -0.05) is 49.4 Å². The number of nitrogens with zero attached hydrogens (tertiary/aromatic N) is 2. The summed E-state index contributed by atoms with van der Waals surface area (Å²) < 4.78 is 5.16. The number of carbonyl (C=O) groups excluding carboxylic acids is 3. The molecule has 0 unspecified atom stereocenters. The Morgan fingerprint density at radius 3 is 2.74 bits per heavy atom. The normalized spacial score (nSPS) is 15.8. The number of likely N-dealkylation sites (tertiary alicyclic amines) is 1. The van der Waals surface area contributed by atoms with E-state index in [-0.39, 0.29) is 18.4 Å². The van der Waals surface area contributed by atoms with E-state index in [0.29, 0.717) is 38.4 Å². The third-order valence-electron chi connectivity index (χ3n) is 6.71. The van der Waals surface area contributed by atoms with Crippen molar-refractivity contribution < 1.29 is 19.1 Å². The molecule has 0 saturated carbocycles. The third kappa shape index (κ3) is 6.86. The predicted octanol–water partition coefficient (Wildman–Crippen LogP) is 2.58.